The van der Waals surface area contributed by atoms with Crippen LogP contribution in [0.25, 0.3) is 11.0 Å². The van der Waals surface area contributed by atoms with Crippen molar-refractivity contribution in [2.24, 2.45) is 0 Å². The minimum Gasteiger partial charge on any atom is -0.481 e. The fourth-order valence-corrected chi connectivity index (χ4v) is 2.38. The normalized spacial score (nSPS) is 10.8. The van der Waals surface area contributed by atoms with Crippen LogP contribution in [-0.2, 0) is 6.54 Å². The Bertz CT molecular complexity index is 775. The predicted molar refractivity (Wildman–Crippen MR) is 77.0 cm³/mol. The van der Waals surface area contributed by atoms with E-state index in [4.69, 9.17) is 17.0 Å². The van der Waals surface area contributed by atoms with Gasteiger partial charge in [0.1, 0.15) is 0 Å². The van der Waals surface area contributed by atoms with Gasteiger partial charge in [0.25, 0.3) is 0 Å². The third-order valence-electron chi connectivity index (χ3n) is 3.03. The van der Waals surface area contributed by atoms with Crippen LogP contribution < -0.4 is 4.74 Å². The Labute approximate surface area is 115 Å². The Morgan fingerprint density at radius 3 is 3.00 bits per heavy atom. The molecule has 0 radical (unpaired) electrons. The highest BCUT2D eigenvalue weighted by molar-refractivity contribution is 7.71. The van der Waals surface area contributed by atoms with Crippen LogP contribution in [0.2, 0.25) is 0 Å². The molecule has 0 aliphatic rings. The molecule has 0 aliphatic carbocycles. The summed E-state index contributed by atoms with van der Waals surface area (Å²) in [6.07, 6.45) is 1.74. The van der Waals surface area contributed by atoms with Crippen molar-refractivity contribution in [1.82, 2.24) is 14.5 Å². The molecule has 4 nitrogen and oxygen atoms in total. The van der Waals surface area contributed by atoms with Crippen molar-refractivity contribution in [3.05, 3.63) is 52.9 Å². The van der Waals surface area contributed by atoms with E-state index in [1.165, 1.54) is 0 Å². The molecule has 19 heavy (non-hydrogen) atoms. The van der Waals surface area contributed by atoms with Gasteiger partial charge in [0.15, 0.2) is 4.77 Å². The van der Waals surface area contributed by atoms with Crippen molar-refractivity contribution in [2.45, 2.75) is 6.54 Å². The highest BCUT2D eigenvalue weighted by Gasteiger charge is 2.05. The average Bonchev–Trinajstić information content (AvgIpc) is 2.76. The smallest absolute Gasteiger partial charge is 0.213 e. The van der Waals surface area contributed by atoms with Gasteiger partial charge in [-0.15, -0.1) is 0 Å². The maximum atomic E-state index is 5.37. The zero-order chi connectivity index (χ0) is 13.2. The third-order valence-corrected chi connectivity index (χ3v) is 3.35. The number of para-hydroxylation sites is 2. The molecule has 96 valence electrons. The summed E-state index contributed by atoms with van der Waals surface area (Å²) in [5, 5.41) is 0. The number of aromatic nitrogens is 3. The standard InChI is InChI=1S/C14H13N3OS/c1-18-13-8-10(6-7-15-13)9-17-12-5-3-2-4-11(12)16-14(17)19/h2-8H,9H2,1H3,(H,16,19). The molecule has 0 spiro atoms. The van der Waals surface area contributed by atoms with E-state index in [2.05, 4.69) is 20.6 Å². The Morgan fingerprint density at radius 2 is 2.16 bits per heavy atom. The number of aromatic amines is 1. The first-order valence-corrected chi connectivity index (χ1v) is 6.35. The Morgan fingerprint density at radius 1 is 1.32 bits per heavy atom. The van der Waals surface area contributed by atoms with Crippen molar-refractivity contribution >= 4 is 23.3 Å². The van der Waals surface area contributed by atoms with E-state index in [9.17, 15) is 0 Å². The van der Waals surface area contributed by atoms with Gasteiger partial charge in [-0.1, -0.05) is 12.1 Å². The van der Waals surface area contributed by atoms with E-state index in [0.29, 0.717) is 12.4 Å². The lowest BCUT2D eigenvalue weighted by Crippen LogP contribution is -2.00. The number of imidazole rings is 1. The summed E-state index contributed by atoms with van der Waals surface area (Å²) in [6.45, 7) is 0.696. The number of fused-ring (bicyclic) bond motifs is 1. The molecular formula is C14H13N3OS. The minimum absolute atomic E-state index is 0.615. The van der Waals surface area contributed by atoms with Gasteiger partial charge in [-0.25, -0.2) is 4.98 Å². The molecule has 1 N–H and O–H groups in total. The zero-order valence-electron chi connectivity index (χ0n) is 10.5. The first kappa shape index (κ1) is 11.9. The number of nitrogens with one attached hydrogen (secondary N) is 1. The van der Waals surface area contributed by atoms with Crippen LogP contribution >= 0.6 is 12.2 Å². The van der Waals surface area contributed by atoms with Gasteiger partial charge in [0, 0.05) is 12.3 Å². The Hall–Kier alpha value is -2.14. The molecule has 2 heterocycles. The van der Waals surface area contributed by atoms with Gasteiger partial charge < -0.3 is 14.3 Å². The maximum absolute atomic E-state index is 5.37. The summed E-state index contributed by atoms with van der Waals surface area (Å²) < 4.78 is 7.93. The molecule has 0 atom stereocenters. The number of H-pyrrole nitrogens is 1. The summed E-state index contributed by atoms with van der Waals surface area (Å²) in [7, 11) is 1.61. The number of benzene rings is 1. The second-order valence-electron chi connectivity index (χ2n) is 4.24. The molecule has 0 unspecified atom stereocenters. The lowest BCUT2D eigenvalue weighted by Gasteiger charge is -2.06. The van der Waals surface area contributed by atoms with E-state index in [0.717, 1.165) is 21.4 Å². The molecule has 0 saturated carbocycles. The average molecular weight is 271 g/mol. The van der Waals surface area contributed by atoms with Crippen LogP contribution in [0.1, 0.15) is 5.56 Å². The molecular weight excluding hydrogens is 258 g/mol. The molecule has 5 heteroatoms. The molecule has 0 aliphatic heterocycles. The van der Waals surface area contributed by atoms with Crippen LogP contribution in [0, 0.1) is 4.77 Å². The number of hydrogen-bond acceptors (Lipinski definition) is 3. The van der Waals surface area contributed by atoms with Gasteiger partial charge in [0.05, 0.1) is 24.7 Å². The second kappa shape index (κ2) is 4.85. The van der Waals surface area contributed by atoms with Crippen molar-refractivity contribution in [1.29, 1.82) is 0 Å². The number of rotatable bonds is 3. The van der Waals surface area contributed by atoms with Crippen LogP contribution in [0.15, 0.2) is 42.6 Å². The van der Waals surface area contributed by atoms with Crippen LogP contribution in [-0.4, -0.2) is 21.6 Å². The van der Waals surface area contributed by atoms with E-state index in [-0.39, 0.29) is 0 Å². The molecule has 0 fully saturated rings. The molecule has 3 rings (SSSR count). The summed E-state index contributed by atoms with van der Waals surface area (Å²) in [5.41, 5.74) is 3.25. The first-order chi connectivity index (χ1) is 9.28. The summed E-state index contributed by atoms with van der Waals surface area (Å²) in [4.78, 5) is 7.31. The fraction of sp³-hybridized carbons (Fsp3) is 0.143. The van der Waals surface area contributed by atoms with Crippen LogP contribution in [0.5, 0.6) is 5.88 Å². The highest BCUT2D eigenvalue weighted by atomic mass is 32.1. The summed E-state index contributed by atoms with van der Waals surface area (Å²) in [6, 6.07) is 12.0. The number of methoxy groups -OCH3 is 1. The molecule has 3 aromatic rings. The summed E-state index contributed by atoms with van der Waals surface area (Å²) in [5.74, 6) is 0.615. The van der Waals surface area contributed by atoms with E-state index >= 15 is 0 Å². The quantitative estimate of drug-likeness (QED) is 0.744. The molecule has 1 aromatic carbocycles. The maximum Gasteiger partial charge on any atom is 0.213 e. The van der Waals surface area contributed by atoms with Crippen molar-refractivity contribution < 1.29 is 4.74 Å². The lowest BCUT2D eigenvalue weighted by atomic mass is 10.2. The number of ether oxygens (including phenoxy) is 1. The Kier molecular flexibility index (Phi) is 3.05. The van der Waals surface area contributed by atoms with Crippen molar-refractivity contribution in [3.63, 3.8) is 0 Å². The summed E-state index contributed by atoms with van der Waals surface area (Å²) >= 11 is 5.37. The van der Waals surface area contributed by atoms with E-state index in [1.807, 2.05) is 30.3 Å². The monoisotopic (exact) mass is 271 g/mol. The largest absolute Gasteiger partial charge is 0.481 e. The van der Waals surface area contributed by atoms with Gasteiger partial charge in [0.2, 0.25) is 5.88 Å². The van der Waals surface area contributed by atoms with Crippen LogP contribution in [0.4, 0.5) is 0 Å². The lowest BCUT2D eigenvalue weighted by molar-refractivity contribution is 0.397. The minimum atomic E-state index is 0.615. The topological polar surface area (TPSA) is 42.8 Å². The SMILES string of the molecule is COc1cc(Cn2c(=S)[nH]c3ccccc32)ccn1. The van der Waals surface area contributed by atoms with Gasteiger partial charge in [-0.3, -0.25) is 0 Å². The van der Waals surface area contributed by atoms with Gasteiger partial charge in [-0.05, 0) is 36.0 Å². The van der Waals surface area contributed by atoms with E-state index in [1.54, 1.807) is 13.3 Å². The second-order valence-corrected chi connectivity index (χ2v) is 4.63. The zero-order valence-corrected chi connectivity index (χ0v) is 11.3. The number of pyridine rings is 1. The van der Waals surface area contributed by atoms with Crippen molar-refractivity contribution in [3.8, 4) is 5.88 Å². The molecule has 0 saturated heterocycles. The Balaban J connectivity index is 2.05. The van der Waals surface area contributed by atoms with Crippen LogP contribution in [0.3, 0.4) is 0 Å². The third kappa shape index (κ3) is 2.24. The first-order valence-electron chi connectivity index (χ1n) is 5.94. The van der Waals surface area contributed by atoms with E-state index < -0.39 is 0 Å². The molecule has 0 bridgehead atoms. The predicted octanol–water partition coefficient (Wildman–Crippen LogP) is 3.15. The highest BCUT2D eigenvalue weighted by Crippen LogP contribution is 2.17. The van der Waals surface area contributed by atoms with Crippen molar-refractivity contribution in [2.75, 3.05) is 7.11 Å². The van der Waals surface area contributed by atoms with Gasteiger partial charge >= 0.3 is 0 Å². The molecule has 0 amide bonds. The number of hydrogen-bond donors (Lipinski definition) is 1. The molecule has 2 aromatic heterocycles. The fourth-order valence-electron chi connectivity index (χ4n) is 2.11. The van der Waals surface area contributed by atoms with Gasteiger partial charge in [-0.2, -0.15) is 0 Å². The number of nitrogens with zero attached hydrogens (tertiary/aromatic N) is 2.